The van der Waals surface area contributed by atoms with E-state index in [0.29, 0.717) is 10.2 Å². The molecule has 0 aromatic carbocycles. The highest BCUT2D eigenvalue weighted by Gasteiger charge is 2.08. The highest BCUT2D eigenvalue weighted by atomic mass is 32.1. The molecule has 76 valence electrons. The van der Waals surface area contributed by atoms with Crippen LogP contribution in [0.15, 0.2) is 0 Å². The Morgan fingerprint density at radius 1 is 1.08 bits per heavy atom. The summed E-state index contributed by atoms with van der Waals surface area (Å²) in [6.07, 6.45) is 0.856. The summed E-state index contributed by atoms with van der Waals surface area (Å²) in [6.45, 7) is 3.99. The van der Waals surface area contributed by atoms with Gasteiger partial charge in [0.1, 0.15) is 0 Å². The first-order chi connectivity index (χ1) is 5.91. The van der Waals surface area contributed by atoms with Crippen LogP contribution in [-0.4, -0.2) is 22.3 Å². The molecule has 0 spiro atoms. The molecule has 6 heteroatoms. The Bertz CT molecular complexity index is 175. The normalized spacial score (nSPS) is 14.3. The molecule has 0 heterocycles. The van der Waals surface area contributed by atoms with Crippen LogP contribution < -0.4 is 22.1 Å². The van der Waals surface area contributed by atoms with Crippen molar-refractivity contribution >= 4 is 34.7 Å². The Morgan fingerprint density at radius 3 is 1.62 bits per heavy atom. The van der Waals surface area contributed by atoms with Gasteiger partial charge in [-0.05, 0) is 44.7 Å². The molecule has 0 bridgehead atoms. The second-order valence-corrected chi connectivity index (χ2v) is 3.93. The van der Waals surface area contributed by atoms with Crippen LogP contribution in [0.1, 0.15) is 20.3 Å². The van der Waals surface area contributed by atoms with E-state index in [4.69, 9.17) is 35.9 Å². The van der Waals surface area contributed by atoms with Gasteiger partial charge in [-0.2, -0.15) is 0 Å². The molecule has 2 atom stereocenters. The molecule has 4 nitrogen and oxygen atoms in total. The third kappa shape index (κ3) is 7.73. The van der Waals surface area contributed by atoms with Crippen LogP contribution in [-0.2, 0) is 0 Å². The Morgan fingerprint density at radius 2 is 1.38 bits per heavy atom. The molecule has 0 aromatic rings. The molecular formula is C7H16N4S2. The van der Waals surface area contributed by atoms with Crippen molar-refractivity contribution in [1.82, 2.24) is 10.6 Å². The molecule has 0 radical (unpaired) electrons. The van der Waals surface area contributed by atoms with Crippen molar-refractivity contribution in [2.75, 3.05) is 0 Å². The molecule has 6 N–H and O–H groups in total. The van der Waals surface area contributed by atoms with Gasteiger partial charge in [-0.1, -0.05) is 0 Å². The fourth-order valence-electron chi connectivity index (χ4n) is 1.13. The van der Waals surface area contributed by atoms with E-state index in [2.05, 4.69) is 10.6 Å². The molecular weight excluding hydrogens is 204 g/mol. The van der Waals surface area contributed by atoms with E-state index in [1.807, 2.05) is 13.8 Å². The number of nitrogens with one attached hydrogen (secondary N) is 2. The number of thiocarbonyl (C=S) groups is 2. The summed E-state index contributed by atoms with van der Waals surface area (Å²) in [5.74, 6) is 0. The largest absolute Gasteiger partial charge is 0.376 e. The Hall–Kier alpha value is -0.620. The Labute approximate surface area is 89.4 Å². The lowest BCUT2D eigenvalue weighted by Crippen LogP contribution is -2.43. The monoisotopic (exact) mass is 220 g/mol. The van der Waals surface area contributed by atoms with Gasteiger partial charge in [0.05, 0.1) is 0 Å². The predicted molar refractivity (Wildman–Crippen MR) is 63.4 cm³/mol. The molecule has 0 saturated carbocycles. The zero-order valence-electron chi connectivity index (χ0n) is 7.83. The van der Waals surface area contributed by atoms with E-state index in [1.165, 1.54) is 0 Å². The minimum Gasteiger partial charge on any atom is -0.376 e. The Balaban J connectivity index is 3.70. The van der Waals surface area contributed by atoms with E-state index in [1.54, 1.807) is 0 Å². The zero-order chi connectivity index (χ0) is 10.4. The SMILES string of the molecule is CC(CC(C)NC(N)=S)NC(N)=S. The fourth-order valence-corrected chi connectivity index (χ4v) is 1.54. The standard InChI is InChI=1S/C7H16N4S2/c1-4(10-6(8)12)3-5(2)11-7(9)13/h4-5H,3H2,1-2H3,(H3,8,10,12)(H3,9,11,13). The van der Waals surface area contributed by atoms with Crippen molar-refractivity contribution in [3.8, 4) is 0 Å². The van der Waals surface area contributed by atoms with Gasteiger partial charge in [0.25, 0.3) is 0 Å². The van der Waals surface area contributed by atoms with Crippen LogP contribution in [0.4, 0.5) is 0 Å². The van der Waals surface area contributed by atoms with E-state index in [9.17, 15) is 0 Å². The van der Waals surface area contributed by atoms with Crippen LogP contribution in [0.25, 0.3) is 0 Å². The first kappa shape index (κ1) is 12.4. The second-order valence-electron chi connectivity index (χ2n) is 3.05. The summed E-state index contributed by atoms with van der Waals surface area (Å²) >= 11 is 9.42. The van der Waals surface area contributed by atoms with Gasteiger partial charge < -0.3 is 22.1 Å². The molecule has 0 amide bonds. The van der Waals surface area contributed by atoms with Gasteiger partial charge in [-0.25, -0.2) is 0 Å². The number of nitrogens with two attached hydrogens (primary N) is 2. The molecule has 2 unspecified atom stereocenters. The average Bonchev–Trinajstić information content (AvgIpc) is 1.80. The number of rotatable bonds is 4. The van der Waals surface area contributed by atoms with Gasteiger partial charge in [-0.3, -0.25) is 0 Å². The van der Waals surface area contributed by atoms with Crippen LogP contribution in [0.2, 0.25) is 0 Å². The van der Waals surface area contributed by atoms with Crippen LogP contribution in [0.5, 0.6) is 0 Å². The van der Waals surface area contributed by atoms with Crippen molar-refractivity contribution in [2.24, 2.45) is 11.5 Å². The molecule has 0 fully saturated rings. The lowest BCUT2D eigenvalue weighted by molar-refractivity contribution is 0.513. The summed E-state index contributed by atoms with van der Waals surface area (Å²) in [4.78, 5) is 0. The highest BCUT2D eigenvalue weighted by Crippen LogP contribution is 1.96. The van der Waals surface area contributed by atoms with Crippen LogP contribution >= 0.6 is 24.4 Å². The lowest BCUT2D eigenvalue weighted by atomic mass is 10.1. The van der Waals surface area contributed by atoms with E-state index >= 15 is 0 Å². The predicted octanol–water partition coefficient (Wildman–Crippen LogP) is -0.180. The smallest absolute Gasteiger partial charge is 0.163 e. The highest BCUT2D eigenvalue weighted by molar-refractivity contribution is 7.80. The average molecular weight is 220 g/mol. The maximum Gasteiger partial charge on any atom is 0.163 e. The molecule has 0 aliphatic heterocycles. The second kappa shape index (κ2) is 5.93. The summed E-state index contributed by atoms with van der Waals surface area (Å²) in [5.41, 5.74) is 10.6. The van der Waals surface area contributed by atoms with Crippen LogP contribution in [0.3, 0.4) is 0 Å². The summed E-state index contributed by atoms with van der Waals surface area (Å²) in [6, 6.07) is 0.434. The van der Waals surface area contributed by atoms with E-state index < -0.39 is 0 Å². The first-order valence-electron chi connectivity index (χ1n) is 4.03. The third-order valence-corrected chi connectivity index (χ3v) is 1.72. The molecule has 0 aliphatic carbocycles. The van der Waals surface area contributed by atoms with Gasteiger partial charge in [-0.15, -0.1) is 0 Å². The molecule has 0 aromatic heterocycles. The number of hydrogen-bond acceptors (Lipinski definition) is 2. The molecule has 13 heavy (non-hydrogen) atoms. The summed E-state index contributed by atoms with van der Waals surface area (Å²) < 4.78 is 0. The number of hydrogen-bond donors (Lipinski definition) is 4. The van der Waals surface area contributed by atoms with Crippen molar-refractivity contribution in [1.29, 1.82) is 0 Å². The summed E-state index contributed by atoms with van der Waals surface area (Å²) in [5, 5.41) is 6.49. The minimum atomic E-state index is 0.217. The van der Waals surface area contributed by atoms with Gasteiger partial charge in [0.15, 0.2) is 10.2 Å². The minimum absolute atomic E-state index is 0.217. The van der Waals surface area contributed by atoms with Crippen molar-refractivity contribution < 1.29 is 0 Å². The van der Waals surface area contributed by atoms with Crippen LogP contribution in [0, 0.1) is 0 Å². The first-order valence-corrected chi connectivity index (χ1v) is 4.85. The van der Waals surface area contributed by atoms with Crippen molar-refractivity contribution in [3.05, 3.63) is 0 Å². The maximum absolute atomic E-state index is 5.32. The van der Waals surface area contributed by atoms with Crippen molar-refractivity contribution in [2.45, 2.75) is 32.4 Å². The van der Waals surface area contributed by atoms with Gasteiger partial charge in [0, 0.05) is 12.1 Å². The fraction of sp³-hybridized carbons (Fsp3) is 0.714. The molecule has 0 aliphatic rings. The van der Waals surface area contributed by atoms with Crippen molar-refractivity contribution in [3.63, 3.8) is 0 Å². The Kier molecular flexibility index (Phi) is 5.65. The molecule has 0 rings (SSSR count). The lowest BCUT2D eigenvalue weighted by Gasteiger charge is -2.19. The van der Waals surface area contributed by atoms with E-state index in [0.717, 1.165) is 6.42 Å². The quantitative estimate of drug-likeness (QED) is 0.493. The van der Waals surface area contributed by atoms with Gasteiger partial charge >= 0.3 is 0 Å². The maximum atomic E-state index is 5.32. The van der Waals surface area contributed by atoms with E-state index in [-0.39, 0.29) is 12.1 Å². The topological polar surface area (TPSA) is 76.1 Å². The molecule has 0 saturated heterocycles. The van der Waals surface area contributed by atoms with Gasteiger partial charge in [0.2, 0.25) is 0 Å². The zero-order valence-corrected chi connectivity index (χ0v) is 9.47. The summed E-state index contributed by atoms with van der Waals surface area (Å²) in [7, 11) is 0. The third-order valence-electron chi connectivity index (χ3n) is 1.48.